The standard InChI is InChI=1S/C10H8N6O/c11-10(17)9-5-6-16(14-9)8-3-1-7(2-4-8)13-15-12/h1-6H,(H2,11,17). The van der Waals surface area contributed by atoms with Crippen LogP contribution < -0.4 is 5.73 Å². The van der Waals surface area contributed by atoms with Gasteiger partial charge >= 0.3 is 0 Å². The number of azide groups is 1. The van der Waals surface area contributed by atoms with Crippen molar-refractivity contribution in [2.24, 2.45) is 10.8 Å². The maximum absolute atomic E-state index is 10.9. The number of amides is 1. The molecule has 2 rings (SSSR count). The van der Waals surface area contributed by atoms with Crippen LogP contribution in [0, 0.1) is 0 Å². The molecule has 17 heavy (non-hydrogen) atoms. The van der Waals surface area contributed by atoms with E-state index in [0.717, 1.165) is 5.69 Å². The molecule has 7 heteroatoms. The fourth-order valence-corrected chi connectivity index (χ4v) is 1.32. The van der Waals surface area contributed by atoms with E-state index in [-0.39, 0.29) is 5.69 Å². The van der Waals surface area contributed by atoms with Crippen LogP contribution in [0.2, 0.25) is 0 Å². The van der Waals surface area contributed by atoms with E-state index in [1.807, 2.05) is 0 Å². The molecule has 0 aliphatic heterocycles. The maximum atomic E-state index is 10.9. The van der Waals surface area contributed by atoms with Crippen molar-refractivity contribution in [3.05, 3.63) is 52.7 Å². The molecule has 1 amide bonds. The van der Waals surface area contributed by atoms with E-state index in [1.165, 1.54) is 10.7 Å². The molecule has 84 valence electrons. The van der Waals surface area contributed by atoms with Gasteiger partial charge in [-0.2, -0.15) is 5.10 Å². The lowest BCUT2D eigenvalue weighted by Crippen LogP contribution is -2.12. The molecular weight excluding hydrogens is 220 g/mol. The molecule has 2 aromatic rings. The summed E-state index contributed by atoms with van der Waals surface area (Å²) >= 11 is 0. The Bertz CT molecular complexity index is 594. The van der Waals surface area contributed by atoms with Crippen LogP contribution in [0.4, 0.5) is 5.69 Å². The molecule has 0 spiro atoms. The Morgan fingerprint density at radius 1 is 1.35 bits per heavy atom. The van der Waals surface area contributed by atoms with Crippen molar-refractivity contribution in [3.63, 3.8) is 0 Å². The molecule has 0 aliphatic carbocycles. The zero-order valence-corrected chi connectivity index (χ0v) is 8.69. The minimum Gasteiger partial charge on any atom is -0.364 e. The van der Waals surface area contributed by atoms with E-state index >= 15 is 0 Å². The van der Waals surface area contributed by atoms with Gasteiger partial charge < -0.3 is 5.73 Å². The van der Waals surface area contributed by atoms with E-state index in [4.69, 9.17) is 11.3 Å². The summed E-state index contributed by atoms with van der Waals surface area (Å²) in [5, 5.41) is 7.45. The minimum absolute atomic E-state index is 0.198. The van der Waals surface area contributed by atoms with Gasteiger partial charge in [-0.15, -0.1) is 0 Å². The molecule has 0 saturated carbocycles. The molecule has 0 bridgehead atoms. The molecule has 0 atom stereocenters. The van der Waals surface area contributed by atoms with Crippen LogP contribution in [0.15, 0.2) is 41.6 Å². The van der Waals surface area contributed by atoms with Gasteiger partial charge in [-0.05, 0) is 23.7 Å². The third-order valence-electron chi connectivity index (χ3n) is 2.12. The molecule has 1 aromatic heterocycles. The van der Waals surface area contributed by atoms with Crippen LogP contribution in [0.5, 0.6) is 0 Å². The number of nitrogens with zero attached hydrogens (tertiary/aromatic N) is 5. The smallest absolute Gasteiger partial charge is 0.269 e. The van der Waals surface area contributed by atoms with Gasteiger partial charge in [0.05, 0.1) is 5.69 Å². The van der Waals surface area contributed by atoms with Gasteiger partial charge in [0, 0.05) is 16.8 Å². The van der Waals surface area contributed by atoms with E-state index in [9.17, 15) is 4.79 Å². The predicted octanol–water partition coefficient (Wildman–Crippen LogP) is 1.91. The fraction of sp³-hybridized carbons (Fsp3) is 0. The van der Waals surface area contributed by atoms with Crippen molar-refractivity contribution in [2.45, 2.75) is 0 Å². The molecular formula is C10H8N6O. The summed E-state index contributed by atoms with van der Waals surface area (Å²) in [5.74, 6) is -0.575. The number of rotatable bonds is 3. The second-order valence-electron chi connectivity index (χ2n) is 3.22. The van der Waals surface area contributed by atoms with Gasteiger partial charge in [-0.25, -0.2) is 4.68 Å². The van der Waals surface area contributed by atoms with Crippen LogP contribution in [-0.2, 0) is 0 Å². The quantitative estimate of drug-likeness (QED) is 0.491. The van der Waals surface area contributed by atoms with E-state index in [0.29, 0.717) is 5.69 Å². The van der Waals surface area contributed by atoms with Crippen LogP contribution in [0.1, 0.15) is 10.5 Å². The first-order valence-electron chi connectivity index (χ1n) is 4.72. The molecule has 0 saturated heterocycles. The molecule has 0 fully saturated rings. The highest BCUT2D eigenvalue weighted by Crippen LogP contribution is 2.15. The summed E-state index contributed by atoms with van der Waals surface area (Å²) < 4.78 is 1.51. The lowest BCUT2D eigenvalue weighted by atomic mass is 10.3. The lowest BCUT2D eigenvalue weighted by Gasteiger charge is -2.00. The third-order valence-corrected chi connectivity index (χ3v) is 2.12. The molecule has 1 heterocycles. The number of carbonyl (C=O) groups is 1. The summed E-state index contributed by atoms with van der Waals surface area (Å²) in [6.07, 6.45) is 1.63. The molecule has 2 N–H and O–H groups in total. The van der Waals surface area contributed by atoms with Crippen molar-refractivity contribution >= 4 is 11.6 Å². The number of aromatic nitrogens is 2. The summed E-state index contributed by atoms with van der Waals surface area (Å²) in [5.41, 5.74) is 14.8. The predicted molar refractivity (Wildman–Crippen MR) is 60.9 cm³/mol. The number of hydrogen-bond acceptors (Lipinski definition) is 3. The van der Waals surface area contributed by atoms with Gasteiger partial charge in [0.1, 0.15) is 5.69 Å². The number of primary amides is 1. The number of nitrogens with two attached hydrogens (primary N) is 1. The Labute approximate surface area is 96.1 Å². The molecule has 0 radical (unpaired) electrons. The van der Waals surface area contributed by atoms with Crippen LogP contribution in [0.25, 0.3) is 16.1 Å². The van der Waals surface area contributed by atoms with Crippen molar-refractivity contribution in [2.75, 3.05) is 0 Å². The van der Waals surface area contributed by atoms with E-state index in [1.54, 1.807) is 30.5 Å². The second kappa shape index (κ2) is 4.38. The van der Waals surface area contributed by atoms with Gasteiger partial charge in [0.25, 0.3) is 5.91 Å². The number of benzene rings is 1. The monoisotopic (exact) mass is 228 g/mol. The van der Waals surface area contributed by atoms with Gasteiger partial charge in [-0.3, -0.25) is 4.79 Å². The average molecular weight is 228 g/mol. The average Bonchev–Trinajstić information content (AvgIpc) is 2.80. The van der Waals surface area contributed by atoms with Gasteiger partial charge in [-0.1, -0.05) is 17.2 Å². The number of hydrogen-bond donors (Lipinski definition) is 1. The highest BCUT2D eigenvalue weighted by Gasteiger charge is 2.05. The highest BCUT2D eigenvalue weighted by atomic mass is 16.1. The van der Waals surface area contributed by atoms with Crippen molar-refractivity contribution in [1.82, 2.24) is 9.78 Å². The first-order chi connectivity index (χ1) is 8.20. The van der Waals surface area contributed by atoms with Gasteiger partial charge in [0.2, 0.25) is 0 Å². The minimum atomic E-state index is -0.575. The lowest BCUT2D eigenvalue weighted by molar-refractivity contribution is 0.0995. The van der Waals surface area contributed by atoms with Crippen molar-refractivity contribution < 1.29 is 4.79 Å². The summed E-state index contributed by atoms with van der Waals surface area (Å²) in [6, 6.07) is 8.29. The molecule has 7 nitrogen and oxygen atoms in total. The molecule has 0 unspecified atom stereocenters. The van der Waals surface area contributed by atoms with Gasteiger partial charge in [0.15, 0.2) is 0 Å². The third kappa shape index (κ3) is 2.24. The Morgan fingerprint density at radius 2 is 2.06 bits per heavy atom. The second-order valence-corrected chi connectivity index (χ2v) is 3.22. The SMILES string of the molecule is [N-]=[N+]=Nc1ccc(-n2ccc(C(N)=O)n2)cc1. The van der Waals surface area contributed by atoms with Crippen LogP contribution >= 0.6 is 0 Å². The normalized spacial score (nSPS) is 9.65. The Balaban J connectivity index is 2.32. The largest absolute Gasteiger partial charge is 0.364 e. The zero-order valence-electron chi connectivity index (χ0n) is 8.69. The van der Waals surface area contributed by atoms with Crippen molar-refractivity contribution in [3.8, 4) is 5.69 Å². The summed E-state index contributed by atoms with van der Waals surface area (Å²) in [6.45, 7) is 0. The summed E-state index contributed by atoms with van der Waals surface area (Å²) in [7, 11) is 0. The fourth-order valence-electron chi connectivity index (χ4n) is 1.32. The first-order valence-corrected chi connectivity index (χ1v) is 4.72. The van der Waals surface area contributed by atoms with Crippen LogP contribution in [-0.4, -0.2) is 15.7 Å². The topological polar surface area (TPSA) is 110 Å². The number of carbonyl (C=O) groups excluding carboxylic acids is 1. The zero-order chi connectivity index (χ0) is 12.3. The Morgan fingerprint density at radius 3 is 2.59 bits per heavy atom. The molecule has 1 aromatic carbocycles. The van der Waals surface area contributed by atoms with Crippen LogP contribution in [0.3, 0.4) is 0 Å². The maximum Gasteiger partial charge on any atom is 0.269 e. The van der Waals surface area contributed by atoms with E-state index < -0.39 is 5.91 Å². The van der Waals surface area contributed by atoms with E-state index in [2.05, 4.69) is 15.1 Å². The Kier molecular flexibility index (Phi) is 2.76. The summed E-state index contributed by atoms with van der Waals surface area (Å²) in [4.78, 5) is 13.6. The Hall–Kier alpha value is -2.79. The van der Waals surface area contributed by atoms with Crippen molar-refractivity contribution in [1.29, 1.82) is 0 Å². The first kappa shape index (κ1) is 10.7. The molecule has 0 aliphatic rings. The highest BCUT2D eigenvalue weighted by molar-refractivity contribution is 5.90.